The van der Waals surface area contributed by atoms with Gasteiger partial charge in [-0.15, -0.1) is 11.3 Å². The maximum absolute atomic E-state index is 10.6. The van der Waals surface area contributed by atoms with Crippen molar-refractivity contribution in [1.82, 2.24) is 0 Å². The lowest BCUT2D eigenvalue weighted by Crippen LogP contribution is -1.98. The summed E-state index contributed by atoms with van der Waals surface area (Å²) in [6.45, 7) is 0.549. The first-order valence-electron chi connectivity index (χ1n) is 5.15. The Morgan fingerprint density at radius 1 is 1.44 bits per heavy atom. The van der Waals surface area contributed by atoms with Crippen LogP contribution in [-0.2, 0) is 6.54 Å². The van der Waals surface area contributed by atoms with Crippen molar-refractivity contribution >= 4 is 22.7 Å². The molecule has 0 bridgehead atoms. The van der Waals surface area contributed by atoms with Crippen LogP contribution in [0.4, 0.5) is 11.4 Å². The number of nitriles is 1. The quantitative estimate of drug-likeness (QED) is 0.675. The summed E-state index contributed by atoms with van der Waals surface area (Å²) < 4.78 is 0. The highest BCUT2D eigenvalue weighted by atomic mass is 32.1. The van der Waals surface area contributed by atoms with E-state index in [4.69, 9.17) is 5.26 Å². The van der Waals surface area contributed by atoms with Gasteiger partial charge in [-0.05, 0) is 12.1 Å². The Balaban J connectivity index is 2.04. The normalized spacial score (nSPS) is 9.72. The smallest absolute Gasteiger partial charge is 0.271 e. The number of benzene rings is 1. The first-order valence-corrected chi connectivity index (χ1v) is 6.03. The molecule has 90 valence electrons. The van der Waals surface area contributed by atoms with E-state index < -0.39 is 4.92 Å². The topological polar surface area (TPSA) is 79.0 Å². The molecule has 0 amide bonds. The van der Waals surface area contributed by atoms with Gasteiger partial charge < -0.3 is 5.32 Å². The Morgan fingerprint density at radius 3 is 2.94 bits per heavy atom. The second-order valence-corrected chi connectivity index (χ2v) is 4.57. The molecular formula is C12H9N3O2S. The van der Waals surface area contributed by atoms with Crippen LogP contribution in [0.2, 0.25) is 0 Å². The van der Waals surface area contributed by atoms with Gasteiger partial charge >= 0.3 is 0 Å². The molecule has 6 heteroatoms. The molecule has 0 unspecified atom stereocenters. The van der Waals surface area contributed by atoms with E-state index in [1.54, 1.807) is 23.6 Å². The molecule has 1 aromatic carbocycles. The van der Waals surface area contributed by atoms with Gasteiger partial charge in [-0.2, -0.15) is 5.26 Å². The van der Waals surface area contributed by atoms with Crippen LogP contribution >= 0.6 is 11.3 Å². The molecule has 0 aliphatic rings. The molecule has 0 atom stereocenters. The number of non-ortho nitro benzene ring substituents is 1. The third-order valence-electron chi connectivity index (χ3n) is 2.31. The lowest BCUT2D eigenvalue weighted by molar-refractivity contribution is -0.384. The van der Waals surface area contributed by atoms with E-state index in [2.05, 4.69) is 11.4 Å². The second kappa shape index (κ2) is 5.29. The van der Waals surface area contributed by atoms with E-state index in [1.165, 1.54) is 23.5 Å². The molecule has 18 heavy (non-hydrogen) atoms. The average Bonchev–Trinajstić information content (AvgIpc) is 2.84. The zero-order valence-electron chi connectivity index (χ0n) is 9.29. The van der Waals surface area contributed by atoms with E-state index in [0.29, 0.717) is 17.8 Å². The molecule has 0 fully saturated rings. The van der Waals surface area contributed by atoms with Crippen molar-refractivity contribution < 1.29 is 4.92 Å². The highest BCUT2D eigenvalue weighted by Gasteiger charge is 2.05. The Labute approximate surface area is 107 Å². The lowest BCUT2D eigenvalue weighted by atomic mass is 10.2. The number of hydrogen-bond donors (Lipinski definition) is 1. The van der Waals surface area contributed by atoms with Gasteiger partial charge in [-0.1, -0.05) is 6.07 Å². The molecule has 5 nitrogen and oxygen atoms in total. The van der Waals surface area contributed by atoms with E-state index in [1.807, 2.05) is 0 Å². The van der Waals surface area contributed by atoms with Gasteiger partial charge in [0.05, 0.1) is 10.5 Å². The average molecular weight is 259 g/mol. The van der Waals surface area contributed by atoms with Gasteiger partial charge in [0.15, 0.2) is 0 Å². The second-order valence-electron chi connectivity index (χ2n) is 3.57. The van der Waals surface area contributed by atoms with Crippen LogP contribution in [0.3, 0.4) is 0 Å². The van der Waals surface area contributed by atoms with Crippen molar-refractivity contribution in [3.8, 4) is 6.07 Å². The van der Waals surface area contributed by atoms with E-state index in [9.17, 15) is 10.1 Å². The number of nitrogens with one attached hydrogen (secondary N) is 1. The fourth-order valence-corrected chi connectivity index (χ4v) is 2.20. The third-order valence-corrected chi connectivity index (χ3v) is 3.24. The highest BCUT2D eigenvalue weighted by Crippen LogP contribution is 2.19. The fraction of sp³-hybridized carbons (Fsp3) is 0.0833. The number of nitro benzene ring substituents is 1. The first kappa shape index (κ1) is 12.1. The molecule has 1 heterocycles. The predicted octanol–water partition coefficient (Wildman–Crippen LogP) is 3.14. The van der Waals surface area contributed by atoms with Crippen LogP contribution in [-0.4, -0.2) is 4.92 Å². The minimum absolute atomic E-state index is 0.0592. The van der Waals surface area contributed by atoms with Gasteiger partial charge in [0, 0.05) is 34.6 Å². The third kappa shape index (κ3) is 2.84. The van der Waals surface area contributed by atoms with Crippen LogP contribution in [0.15, 0.2) is 35.7 Å². The van der Waals surface area contributed by atoms with E-state index in [0.717, 1.165) is 4.88 Å². The van der Waals surface area contributed by atoms with Crippen LogP contribution in [0.5, 0.6) is 0 Å². The molecule has 1 N–H and O–H groups in total. The molecule has 0 radical (unpaired) electrons. The highest BCUT2D eigenvalue weighted by molar-refractivity contribution is 7.10. The Morgan fingerprint density at radius 2 is 2.28 bits per heavy atom. The summed E-state index contributed by atoms with van der Waals surface area (Å²) in [6, 6.07) is 10.2. The summed E-state index contributed by atoms with van der Waals surface area (Å²) in [4.78, 5) is 11.2. The number of thiophene rings is 1. The van der Waals surface area contributed by atoms with Crippen LogP contribution in [0.1, 0.15) is 10.4 Å². The first-order chi connectivity index (χ1) is 8.69. The largest absolute Gasteiger partial charge is 0.380 e. The molecular weight excluding hydrogens is 250 g/mol. The molecule has 2 aromatic rings. The summed E-state index contributed by atoms with van der Waals surface area (Å²) in [5.41, 5.74) is 1.39. The van der Waals surface area contributed by atoms with Gasteiger partial charge in [0.25, 0.3) is 5.69 Å². The number of anilines is 1. The van der Waals surface area contributed by atoms with Crippen molar-refractivity contribution in [3.63, 3.8) is 0 Å². The number of rotatable bonds is 4. The zero-order valence-corrected chi connectivity index (χ0v) is 10.1. The van der Waals surface area contributed by atoms with Crippen LogP contribution in [0.25, 0.3) is 0 Å². The number of nitro groups is 1. The van der Waals surface area contributed by atoms with Gasteiger partial charge in [-0.3, -0.25) is 10.1 Å². The summed E-state index contributed by atoms with van der Waals surface area (Å²) >= 11 is 1.48. The van der Waals surface area contributed by atoms with Crippen molar-refractivity contribution in [2.75, 3.05) is 5.32 Å². The molecule has 0 saturated heterocycles. The number of hydrogen-bond acceptors (Lipinski definition) is 5. The SMILES string of the molecule is N#Cc1csc(CNc2cccc([N+](=O)[O-])c2)c1. The van der Waals surface area contributed by atoms with Gasteiger partial charge in [-0.25, -0.2) is 0 Å². The van der Waals surface area contributed by atoms with Crippen LogP contribution < -0.4 is 5.32 Å². The maximum Gasteiger partial charge on any atom is 0.271 e. The number of nitrogens with zero attached hydrogens (tertiary/aromatic N) is 2. The lowest BCUT2D eigenvalue weighted by Gasteiger charge is -2.03. The Hall–Kier alpha value is -2.39. The molecule has 1 aromatic heterocycles. The van der Waals surface area contributed by atoms with Crippen molar-refractivity contribution in [2.45, 2.75) is 6.54 Å². The molecule has 2 rings (SSSR count). The van der Waals surface area contributed by atoms with Crippen molar-refractivity contribution in [2.24, 2.45) is 0 Å². The zero-order chi connectivity index (χ0) is 13.0. The van der Waals surface area contributed by atoms with Gasteiger partial charge in [0.1, 0.15) is 6.07 Å². The summed E-state index contributed by atoms with van der Waals surface area (Å²) in [5.74, 6) is 0. The molecule has 0 spiro atoms. The molecule has 0 saturated carbocycles. The predicted molar refractivity (Wildman–Crippen MR) is 69.5 cm³/mol. The van der Waals surface area contributed by atoms with E-state index in [-0.39, 0.29) is 5.69 Å². The standard InChI is InChI=1S/C12H9N3O2S/c13-6-9-4-12(18-8-9)7-14-10-2-1-3-11(5-10)15(16)17/h1-5,8,14H,7H2. The fourth-order valence-electron chi connectivity index (χ4n) is 1.45. The minimum Gasteiger partial charge on any atom is -0.380 e. The summed E-state index contributed by atoms with van der Waals surface area (Å²) in [7, 11) is 0. The summed E-state index contributed by atoms with van der Waals surface area (Å²) in [6.07, 6.45) is 0. The van der Waals surface area contributed by atoms with Gasteiger partial charge in [0.2, 0.25) is 0 Å². The Kier molecular flexibility index (Phi) is 3.55. The minimum atomic E-state index is -0.426. The summed E-state index contributed by atoms with van der Waals surface area (Å²) in [5, 5.41) is 24.2. The maximum atomic E-state index is 10.6. The molecule has 0 aliphatic heterocycles. The monoisotopic (exact) mass is 259 g/mol. The molecule has 0 aliphatic carbocycles. The van der Waals surface area contributed by atoms with E-state index >= 15 is 0 Å². The Bertz CT molecular complexity index is 616. The van der Waals surface area contributed by atoms with Crippen molar-refractivity contribution in [3.05, 3.63) is 56.3 Å². The van der Waals surface area contributed by atoms with Crippen molar-refractivity contribution in [1.29, 1.82) is 5.26 Å². The van der Waals surface area contributed by atoms with Crippen LogP contribution in [0, 0.1) is 21.4 Å².